The van der Waals surface area contributed by atoms with Crippen molar-refractivity contribution >= 4 is 34.2 Å². The van der Waals surface area contributed by atoms with Gasteiger partial charge in [-0.25, -0.2) is 8.78 Å². The number of benzene rings is 2. The number of amides is 1. The van der Waals surface area contributed by atoms with Crippen LogP contribution in [0.15, 0.2) is 30.3 Å². The predicted octanol–water partition coefficient (Wildman–Crippen LogP) is 4.44. The number of carbonyl (C=O) groups is 1. The van der Waals surface area contributed by atoms with Gasteiger partial charge in [0.25, 0.3) is 5.91 Å². The largest absolute Gasteiger partial charge is 0.317 e. The Morgan fingerprint density at radius 1 is 1.10 bits per heavy atom. The summed E-state index contributed by atoms with van der Waals surface area (Å²) in [7, 11) is 0. The van der Waals surface area contributed by atoms with E-state index in [9.17, 15) is 13.6 Å². The number of aryl methyl sites for hydroxylation is 2. The van der Waals surface area contributed by atoms with Gasteiger partial charge in [0.2, 0.25) is 0 Å². The van der Waals surface area contributed by atoms with Crippen LogP contribution >= 0.6 is 22.6 Å². The number of rotatable bonds is 2. The molecule has 2 rings (SSSR count). The van der Waals surface area contributed by atoms with E-state index in [1.807, 2.05) is 35.6 Å². The van der Waals surface area contributed by atoms with E-state index >= 15 is 0 Å². The minimum Gasteiger partial charge on any atom is -0.317 e. The lowest BCUT2D eigenvalue weighted by atomic mass is 10.1. The van der Waals surface area contributed by atoms with Gasteiger partial charge in [0.05, 0.1) is 5.56 Å². The monoisotopic (exact) mass is 387 g/mol. The molecular weight excluding hydrogens is 375 g/mol. The van der Waals surface area contributed by atoms with Crippen molar-refractivity contribution in [3.8, 4) is 0 Å². The van der Waals surface area contributed by atoms with E-state index in [1.54, 1.807) is 12.1 Å². The Bertz CT molecular complexity index is 686. The van der Waals surface area contributed by atoms with Crippen molar-refractivity contribution in [2.75, 3.05) is 5.32 Å². The number of halogens is 3. The van der Waals surface area contributed by atoms with Gasteiger partial charge in [0.1, 0.15) is 11.5 Å². The first-order chi connectivity index (χ1) is 9.41. The van der Waals surface area contributed by atoms with Crippen LogP contribution in [0.5, 0.6) is 0 Å². The van der Waals surface area contributed by atoms with Gasteiger partial charge in [0.15, 0.2) is 5.82 Å². The average Bonchev–Trinajstić information content (AvgIpc) is 2.42. The highest BCUT2D eigenvalue weighted by Crippen LogP contribution is 2.24. The van der Waals surface area contributed by atoms with Gasteiger partial charge in [-0.05, 0) is 59.7 Å². The van der Waals surface area contributed by atoms with E-state index in [-0.39, 0.29) is 5.56 Å². The molecule has 0 aliphatic carbocycles. The Labute approximate surface area is 129 Å². The highest BCUT2D eigenvalue weighted by Gasteiger charge is 2.17. The summed E-state index contributed by atoms with van der Waals surface area (Å²) < 4.78 is 28.3. The van der Waals surface area contributed by atoms with Crippen LogP contribution in [0.1, 0.15) is 21.5 Å². The van der Waals surface area contributed by atoms with E-state index < -0.39 is 23.2 Å². The summed E-state index contributed by atoms with van der Waals surface area (Å²) in [4.78, 5) is 12.2. The molecule has 1 N–H and O–H groups in total. The molecule has 0 saturated carbocycles. The Morgan fingerprint density at radius 2 is 1.80 bits per heavy atom. The second-order valence-corrected chi connectivity index (χ2v) is 5.52. The molecule has 2 nitrogen and oxygen atoms in total. The highest BCUT2D eigenvalue weighted by atomic mass is 127. The van der Waals surface area contributed by atoms with Crippen molar-refractivity contribution in [1.29, 1.82) is 0 Å². The first kappa shape index (κ1) is 14.9. The molecule has 0 heterocycles. The molecule has 0 aliphatic rings. The summed E-state index contributed by atoms with van der Waals surface area (Å²) in [5.41, 5.74) is 1.20. The zero-order valence-corrected chi connectivity index (χ0v) is 13.1. The maximum atomic E-state index is 13.9. The maximum absolute atomic E-state index is 13.9. The van der Waals surface area contributed by atoms with Gasteiger partial charge < -0.3 is 5.32 Å². The lowest BCUT2D eigenvalue weighted by Gasteiger charge is -2.11. The fraction of sp³-hybridized carbons (Fsp3) is 0.133. The van der Waals surface area contributed by atoms with E-state index in [0.29, 0.717) is 5.56 Å². The molecule has 5 heteroatoms. The summed E-state index contributed by atoms with van der Waals surface area (Å²) in [6, 6.07) is 7.68. The van der Waals surface area contributed by atoms with Gasteiger partial charge >= 0.3 is 0 Å². The van der Waals surface area contributed by atoms with Gasteiger partial charge in [-0.15, -0.1) is 0 Å². The fourth-order valence-corrected chi connectivity index (χ4v) is 2.38. The second kappa shape index (κ2) is 5.87. The highest BCUT2D eigenvalue weighted by molar-refractivity contribution is 14.1. The van der Waals surface area contributed by atoms with Crippen LogP contribution in [-0.2, 0) is 0 Å². The normalized spacial score (nSPS) is 10.4. The van der Waals surface area contributed by atoms with Crippen molar-refractivity contribution in [2.24, 2.45) is 0 Å². The number of nitrogens with one attached hydrogen (secondary N) is 1. The molecule has 0 aliphatic heterocycles. The molecule has 2 aromatic carbocycles. The summed E-state index contributed by atoms with van der Waals surface area (Å²) in [6.07, 6.45) is 0. The van der Waals surface area contributed by atoms with Crippen molar-refractivity contribution in [3.05, 3.63) is 62.2 Å². The predicted molar refractivity (Wildman–Crippen MR) is 82.9 cm³/mol. The average molecular weight is 387 g/mol. The minimum atomic E-state index is -0.788. The standard InChI is InChI=1S/C15H12F2INO/c1-8-6-7-11(16)14(12(8)17)19-15(20)10-5-3-4-9(2)13(10)18/h3-7H,1-2H3,(H,19,20). The summed E-state index contributed by atoms with van der Waals surface area (Å²) in [5, 5.41) is 2.31. The van der Waals surface area contributed by atoms with Gasteiger partial charge in [-0.3, -0.25) is 4.79 Å². The van der Waals surface area contributed by atoms with Gasteiger partial charge in [0, 0.05) is 3.57 Å². The van der Waals surface area contributed by atoms with Crippen LogP contribution in [0.2, 0.25) is 0 Å². The van der Waals surface area contributed by atoms with Gasteiger partial charge in [-0.2, -0.15) is 0 Å². The first-order valence-electron chi connectivity index (χ1n) is 5.93. The van der Waals surface area contributed by atoms with Gasteiger partial charge in [-0.1, -0.05) is 18.2 Å². The Kier molecular flexibility index (Phi) is 4.37. The molecule has 2 aromatic rings. The zero-order valence-electron chi connectivity index (χ0n) is 10.9. The molecule has 0 unspecified atom stereocenters. The molecule has 0 aromatic heterocycles. The molecule has 0 atom stereocenters. The van der Waals surface area contributed by atoms with E-state index in [2.05, 4.69) is 5.32 Å². The SMILES string of the molecule is Cc1ccc(F)c(NC(=O)c2cccc(C)c2I)c1F. The molecule has 1 amide bonds. The molecular formula is C15H12F2INO. The van der Waals surface area contributed by atoms with Crippen LogP contribution in [-0.4, -0.2) is 5.91 Å². The quantitative estimate of drug-likeness (QED) is 0.759. The summed E-state index contributed by atoms with van der Waals surface area (Å²) in [5.74, 6) is -2.06. The van der Waals surface area contributed by atoms with Crippen LogP contribution in [0.25, 0.3) is 0 Å². The lowest BCUT2D eigenvalue weighted by molar-refractivity contribution is 0.102. The third-order valence-corrected chi connectivity index (χ3v) is 4.39. The molecule has 0 spiro atoms. The second-order valence-electron chi connectivity index (χ2n) is 4.44. The molecule has 0 bridgehead atoms. The third kappa shape index (κ3) is 2.82. The smallest absolute Gasteiger partial charge is 0.256 e. The Balaban J connectivity index is 2.38. The summed E-state index contributed by atoms with van der Waals surface area (Å²) >= 11 is 2.04. The zero-order chi connectivity index (χ0) is 14.9. The molecule has 0 saturated heterocycles. The number of anilines is 1. The Morgan fingerprint density at radius 3 is 2.50 bits per heavy atom. The fourth-order valence-electron chi connectivity index (χ4n) is 1.77. The molecule has 20 heavy (non-hydrogen) atoms. The third-order valence-electron chi connectivity index (χ3n) is 2.96. The maximum Gasteiger partial charge on any atom is 0.256 e. The van der Waals surface area contributed by atoms with Crippen molar-refractivity contribution in [2.45, 2.75) is 13.8 Å². The number of hydrogen-bond acceptors (Lipinski definition) is 1. The number of hydrogen-bond donors (Lipinski definition) is 1. The first-order valence-corrected chi connectivity index (χ1v) is 7.00. The Hall–Kier alpha value is -1.50. The van der Waals surface area contributed by atoms with Crippen molar-refractivity contribution in [1.82, 2.24) is 0 Å². The van der Waals surface area contributed by atoms with E-state index in [1.165, 1.54) is 13.0 Å². The van der Waals surface area contributed by atoms with E-state index in [0.717, 1.165) is 15.2 Å². The molecule has 104 valence electrons. The van der Waals surface area contributed by atoms with E-state index in [4.69, 9.17) is 0 Å². The topological polar surface area (TPSA) is 29.1 Å². The summed E-state index contributed by atoms with van der Waals surface area (Å²) in [6.45, 7) is 3.38. The van der Waals surface area contributed by atoms with Crippen molar-refractivity contribution in [3.63, 3.8) is 0 Å². The van der Waals surface area contributed by atoms with Crippen molar-refractivity contribution < 1.29 is 13.6 Å². The van der Waals surface area contributed by atoms with Crippen LogP contribution in [0.4, 0.5) is 14.5 Å². The number of carbonyl (C=O) groups excluding carboxylic acids is 1. The lowest BCUT2D eigenvalue weighted by Crippen LogP contribution is -2.16. The van der Waals surface area contributed by atoms with Crippen LogP contribution in [0, 0.1) is 29.1 Å². The molecule has 0 radical (unpaired) electrons. The minimum absolute atomic E-state index is 0.278. The molecule has 0 fully saturated rings. The van der Waals surface area contributed by atoms with Crippen LogP contribution < -0.4 is 5.32 Å². The van der Waals surface area contributed by atoms with Crippen LogP contribution in [0.3, 0.4) is 0 Å².